The van der Waals surface area contributed by atoms with Gasteiger partial charge in [-0.25, -0.2) is 9.59 Å². The van der Waals surface area contributed by atoms with Gasteiger partial charge in [-0.2, -0.15) is 0 Å². The number of nitrogens with one attached hydrogen (secondary N) is 1. The average molecular weight is 243 g/mol. The molecule has 1 amide bonds. The van der Waals surface area contributed by atoms with Gasteiger partial charge in [-0.3, -0.25) is 4.79 Å². The van der Waals surface area contributed by atoms with Crippen LogP contribution in [0.3, 0.4) is 0 Å². The van der Waals surface area contributed by atoms with Crippen LogP contribution in [0.15, 0.2) is 12.7 Å². The second-order valence-electron chi connectivity index (χ2n) is 3.10. The summed E-state index contributed by atoms with van der Waals surface area (Å²) >= 11 is 0. The van der Waals surface area contributed by atoms with Crippen molar-refractivity contribution < 1.29 is 23.9 Å². The molecule has 0 heterocycles. The molecule has 0 aliphatic heterocycles. The molecule has 0 radical (unpaired) electrons. The Bertz CT molecular complexity index is 270. The first-order valence-corrected chi connectivity index (χ1v) is 5.25. The molecule has 0 aliphatic carbocycles. The monoisotopic (exact) mass is 243 g/mol. The minimum atomic E-state index is -1.84. The van der Waals surface area contributed by atoms with Crippen molar-refractivity contribution in [1.82, 2.24) is 5.32 Å². The van der Waals surface area contributed by atoms with Gasteiger partial charge in [0.05, 0.1) is 13.2 Å². The summed E-state index contributed by atoms with van der Waals surface area (Å²) in [5.41, 5.74) is -1.84. The highest BCUT2D eigenvalue weighted by atomic mass is 16.6. The van der Waals surface area contributed by atoms with Crippen molar-refractivity contribution in [2.45, 2.75) is 25.8 Å². The highest BCUT2D eigenvalue weighted by molar-refractivity contribution is 6.06. The molecule has 6 heteroatoms. The van der Waals surface area contributed by atoms with Crippen LogP contribution in [-0.2, 0) is 23.9 Å². The van der Waals surface area contributed by atoms with Crippen molar-refractivity contribution in [3.05, 3.63) is 12.7 Å². The maximum atomic E-state index is 11.8. The quantitative estimate of drug-likeness (QED) is 0.284. The Morgan fingerprint density at radius 3 is 2.00 bits per heavy atom. The number of carbonyl (C=O) groups is 3. The van der Waals surface area contributed by atoms with E-state index in [2.05, 4.69) is 11.9 Å². The molecule has 0 unspecified atom stereocenters. The second kappa shape index (κ2) is 7.43. The van der Waals surface area contributed by atoms with Crippen LogP contribution in [0.2, 0.25) is 0 Å². The van der Waals surface area contributed by atoms with Crippen LogP contribution in [-0.4, -0.2) is 37.1 Å². The molecule has 0 aromatic rings. The summed E-state index contributed by atoms with van der Waals surface area (Å²) in [5, 5.41) is 2.17. The fourth-order valence-electron chi connectivity index (χ4n) is 1.25. The van der Waals surface area contributed by atoms with E-state index in [1.54, 1.807) is 13.8 Å². The van der Waals surface area contributed by atoms with Crippen molar-refractivity contribution in [3.63, 3.8) is 0 Å². The predicted octanol–water partition coefficient (Wildman–Crippen LogP) is 0.173. The maximum absolute atomic E-state index is 11.8. The lowest BCUT2D eigenvalue weighted by Gasteiger charge is -2.27. The highest BCUT2D eigenvalue weighted by Crippen LogP contribution is 2.16. The van der Waals surface area contributed by atoms with Gasteiger partial charge in [0.15, 0.2) is 0 Å². The van der Waals surface area contributed by atoms with Gasteiger partial charge >= 0.3 is 11.9 Å². The van der Waals surface area contributed by atoms with E-state index in [0.29, 0.717) is 0 Å². The first-order chi connectivity index (χ1) is 8.08. The molecule has 0 atom stereocenters. The number of esters is 2. The summed E-state index contributed by atoms with van der Waals surface area (Å²) in [5.74, 6) is -1.71. The van der Waals surface area contributed by atoms with E-state index in [1.807, 2.05) is 0 Å². The molecule has 0 saturated heterocycles. The summed E-state index contributed by atoms with van der Waals surface area (Å²) in [6.07, 6.45) is 1.51. The largest absolute Gasteiger partial charge is 0.464 e. The van der Waals surface area contributed by atoms with Crippen molar-refractivity contribution in [2.24, 2.45) is 0 Å². The molecule has 0 bridgehead atoms. The summed E-state index contributed by atoms with van der Waals surface area (Å²) in [6.45, 7) is 6.83. The highest BCUT2D eigenvalue weighted by Gasteiger charge is 2.48. The van der Waals surface area contributed by atoms with Crippen LogP contribution in [0.1, 0.15) is 20.3 Å². The zero-order chi connectivity index (χ0) is 13.3. The lowest BCUT2D eigenvalue weighted by Crippen LogP contribution is -2.59. The van der Waals surface area contributed by atoms with Crippen molar-refractivity contribution in [2.75, 3.05) is 13.2 Å². The SMILES string of the molecule is C=CCC(NC=O)(C(=O)OCC)C(=O)OCC. The first-order valence-electron chi connectivity index (χ1n) is 5.25. The molecule has 0 spiro atoms. The van der Waals surface area contributed by atoms with Gasteiger partial charge in [0.25, 0.3) is 0 Å². The van der Waals surface area contributed by atoms with Crippen molar-refractivity contribution >= 4 is 18.3 Å². The Labute approximate surface area is 100.0 Å². The Morgan fingerprint density at radius 2 is 1.71 bits per heavy atom. The standard InChI is InChI=1S/C11H17NO5/c1-4-7-11(12-8-13,9(14)16-5-2)10(15)17-6-3/h4,8H,1,5-7H2,2-3H3,(H,12,13). The maximum Gasteiger partial charge on any atom is 0.344 e. The number of rotatable bonds is 8. The van der Waals surface area contributed by atoms with E-state index in [1.165, 1.54) is 6.08 Å². The lowest BCUT2D eigenvalue weighted by atomic mass is 9.95. The van der Waals surface area contributed by atoms with Crippen molar-refractivity contribution in [3.8, 4) is 0 Å². The molecule has 6 nitrogen and oxygen atoms in total. The smallest absolute Gasteiger partial charge is 0.344 e. The topological polar surface area (TPSA) is 81.7 Å². The Balaban J connectivity index is 5.23. The Hall–Kier alpha value is -1.85. The summed E-state index contributed by atoms with van der Waals surface area (Å²) in [6, 6.07) is 0. The van der Waals surface area contributed by atoms with E-state index in [4.69, 9.17) is 9.47 Å². The third kappa shape index (κ3) is 3.58. The molecule has 17 heavy (non-hydrogen) atoms. The molecule has 0 rings (SSSR count). The first kappa shape index (κ1) is 15.2. The van der Waals surface area contributed by atoms with Crippen LogP contribution >= 0.6 is 0 Å². The lowest BCUT2D eigenvalue weighted by molar-refractivity contribution is -0.167. The second-order valence-corrected chi connectivity index (χ2v) is 3.10. The molecule has 1 N–H and O–H groups in total. The van der Waals surface area contributed by atoms with Gasteiger partial charge < -0.3 is 14.8 Å². The third-order valence-corrected chi connectivity index (χ3v) is 2.00. The van der Waals surface area contributed by atoms with Crippen LogP contribution in [0, 0.1) is 0 Å². The molecular weight excluding hydrogens is 226 g/mol. The van der Waals surface area contributed by atoms with Gasteiger partial charge in [0, 0.05) is 6.42 Å². The van der Waals surface area contributed by atoms with Crippen molar-refractivity contribution in [1.29, 1.82) is 0 Å². The number of carbonyl (C=O) groups excluding carboxylic acids is 3. The average Bonchev–Trinajstić information content (AvgIpc) is 2.29. The molecule has 0 aliphatic rings. The van der Waals surface area contributed by atoms with Crippen LogP contribution in [0.5, 0.6) is 0 Å². The molecule has 0 aromatic carbocycles. The van der Waals surface area contributed by atoms with Crippen LogP contribution in [0.4, 0.5) is 0 Å². The fraction of sp³-hybridized carbons (Fsp3) is 0.545. The molecule has 96 valence electrons. The van der Waals surface area contributed by atoms with E-state index in [-0.39, 0.29) is 26.0 Å². The molecular formula is C11H17NO5. The third-order valence-electron chi connectivity index (χ3n) is 2.00. The minimum Gasteiger partial charge on any atom is -0.464 e. The molecule has 0 saturated carbocycles. The summed E-state index contributed by atoms with van der Waals surface area (Å²) < 4.78 is 9.54. The number of amides is 1. The number of hydrogen-bond acceptors (Lipinski definition) is 5. The van der Waals surface area contributed by atoms with E-state index >= 15 is 0 Å². The van der Waals surface area contributed by atoms with Crippen LogP contribution < -0.4 is 5.32 Å². The minimum absolute atomic E-state index is 0.0938. The van der Waals surface area contributed by atoms with Crippen LogP contribution in [0.25, 0.3) is 0 Å². The number of ether oxygens (including phenoxy) is 2. The fourth-order valence-corrected chi connectivity index (χ4v) is 1.25. The molecule has 0 fully saturated rings. The van der Waals surface area contributed by atoms with Gasteiger partial charge in [-0.05, 0) is 13.8 Å². The van der Waals surface area contributed by atoms with Gasteiger partial charge in [-0.1, -0.05) is 6.08 Å². The number of hydrogen-bond donors (Lipinski definition) is 1. The normalized spacial score (nSPS) is 10.2. The zero-order valence-corrected chi connectivity index (χ0v) is 10.0. The van der Waals surface area contributed by atoms with Gasteiger partial charge in [0.1, 0.15) is 0 Å². The Morgan fingerprint density at radius 1 is 1.24 bits per heavy atom. The van der Waals surface area contributed by atoms with E-state index < -0.39 is 17.5 Å². The summed E-state index contributed by atoms with van der Waals surface area (Å²) in [7, 11) is 0. The van der Waals surface area contributed by atoms with Gasteiger partial charge in [0.2, 0.25) is 11.9 Å². The zero-order valence-electron chi connectivity index (χ0n) is 10.0. The summed E-state index contributed by atoms with van der Waals surface area (Å²) in [4.78, 5) is 34.1. The Kier molecular flexibility index (Phi) is 6.62. The van der Waals surface area contributed by atoms with E-state index in [0.717, 1.165) is 0 Å². The van der Waals surface area contributed by atoms with Gasteiger partial charge in [-0.15, -0.1) is 6.58 Å². The van der Waals surface area contributed by atoms with E-state index in [9.17, 15) is 14.4 Å². The molecule has 0 aromatic heterocycles. The predicted molar refractivity (Wildman–Crippen MR) is 60.0 cm³/mol.